The fourth-order valence-electron chi connectivity index (χ4n) is 2.71. The number of rotatable bonds is 9. The summed E-state index contributed by atoms with van der Waals surface area (Å²) in [4.78, 5) is 35.3. The van der Waals surface area contributed by atoms with Crippen LogP contribution in [0.15, 0.2) is 54.6 Å². The molecule has 7 nitrogen and oxygen atoms in total. The molecule has 0 saturated carbocycles. The van der Waals surface area contributed by atoms with Crippen LogP contribution in [0.5, 0.6) is 0 Å². The summed E-state index contributed by atoms with van der Waals surface area (Å²) >= 11 is 5.86. The highest BCUT2D eigenvalue weighted by molar-refractivity contribution is 6.30. The molecular weight excluding hydrogens is 394 g/mol. The van der Waals surface area contributed by atoms with E-state index in [-0.39, 0.29) is 12.3 Å². The molecule has 0 fully saturated rings. The van der Waals surface area contributed by atoms with Crippen molar-refractivity contribution in [2.45, 2.75) is 25.3 Å². The van der Waals surface area contributed by atoms with E-state index in [1.54, 1.807) is 24.3 Å². The third kappa shape index (κ3) is 7.83. The lowest BCUT2D eigenvalue weighted by atomic mass is 10.0. The van der Waals surface area contributed by atoms with Crippen LogP contribution < -0.4 is 16.4 Å². The molecule has 8 heteroatoms. The minimum Gasteiger partial charge on any atom is -0.456 e. The first-order valence-corrected chi connectivity index (χ1v) is 9.51. The van der Waals surface area contributed by atoms with Crippen molar-refractivity contribution in [2.75, 3.05) is 13.2 Å². The van der Waals surface area contributed by atoms with Crippen molar-refractivity contribution < 1.29 is 19.1 Å². The Morgan fingerprint density at radius 3 is 2.31 bits per heavy atom. The van der Waals surface area contributed by atoms with E-state index in [1.165, 1.54) is 0 Å². The Morgan fingerprint density at radius 1 is 1.03 bits per heavy atom. The highest BCUT2D eigenvalue weighted by atomic mass is 35.5. The van der Waals surface area contributed by atoms with Crippen LogP contribution in [-0.4, -0.2) is 31.1 Å². The third-order valence-electron chi connectivity index (χ3n) is 4.30. The number of nitrogens with one attached hydrogen (secondary N) is 2. The number of ether oxygens (including phenoxy) is 1. The highest BCUT2D eigenvalue weighted by Gasteiger charge is 2.19. The molecule has 2 rings (SSSR count). The Bertz CT molecular complexity index is 828. The number of nitrogens with two attached hydrogens (primary N) is 1. The second-order valence-electron chi connectivity index (χ2n) is 6.59. The van der Waals surface area contributed by atoms with Gasteiger partial charge in [0.15, 0.2) is 6.61 Å². The van der Waals surface area contributed by atoms with Crippen molar-refractivity contribution in [3.8, 4) is 0 Å². The number of carbonyl (C=O) groups excluding carboxylic acids is 3. The van der Waals surface area contributed by atoms with Gasteiger partial charge in [-0.05, 0) is 29.2 Å². The zero-order chi connectivity index (χ0) is 21.2. The molecule has 0 bridgehead atoms. The van der Waals surface area contributed by atoms with E-state index in [9.17, 15) is 14.4 Å². The molecule has 0 aliphatic carbocycles. The number of urea groups is 1. The number of amides is 3. The van der Waals surface area contributed by atoms with E-state index in [0.717, 1.165) is 5.56 Å². The lowest BCUT2D eigenvalue weighted by Crippen LogP contribution is -2.35. The first-order valence-electron chi connectivity index (χ1n) is 9.14. The molecule has 0 aliphatic rings. The SMILES string of the molecule is C[C@H](CNC(=O)COC(=O)C[C@H](NC(N)=O)c1ccc(Cl)cc1)c1ccccc1. The van der Waals surface area contributed by atoms with E-state index >= 15 is 0 Å². The second-order valence-corrected chi connectivity index (χ2v) is 7.03. The van der Waals surface area contributed by atoms with Crippen molar-refractivity contribution in [1.82, 2.24) is 10.6 Å². The van der Waals surface area contributed by atoms with Crippen LogP contribution >= 0.6 is 11.6 Å². The molecule has 29 heavy (non-hydrogen) atoms. The Labute approximate surface area is 174 Å². The number of hydrogen-bond donors (Lipinski definition) is 3. The normalized spacial score (nSPS) is 12.5. The van der Waals surface area contributed by atoms with Gasteiger partial charge in [0, 0.05) is 11.6 Å². The number of esters is 1. The maximum Gasteiger partial charge on any atom is 0.312 e. The standard InChI is InChI=1S/C21H24ClN3O4/c1-14(15-5-3-2-4-6-15)12-24-19(26)13-29-20(27)11-18(25-21(23)28)16-7-9-17(22)10-8-16/h2-10,14,18H,11-13H2,1H3,(H,24,26)(H3,23,25,28)/t14-,18+/m1/s1. The van der Waals surface area contributed by atoms with Crippen LogP contribution in [0.3, 0.4) is 0 Å². The largest absolute Gasteiger partial charge is 0.456 e. The lowest BCUT2D eigenvalue weighted by molar-refractivity contribution is -0.149. The van der Waals surface area contributed by atoms with Gasteiger partial charge in [-0.15, -0.1) is 0 Å². The molecule has 0 spiro atoms. The van der Waals surface area contributed by atoms with Crippen molar-refractivity contribution in [1.29, 1.82) is 0 Å². The lowest BCUT2D eigenvalue weighted by Gasteiger charge is -2.17. The molecule has 4 N–H and O–H groups in total. The molecule has 3 amide bonds. The van der Waals surface area contributed by atoms with Gasteiger partial charge in [0.05, 0.1) is 12.5 Å². The molecule has 0 aromatic heterocycles. The molecule has 0 aliphatic heterocycles. The number of primary amides is 1. The average molecular weight is 418 g/mol. The van der Waals surface area contributed by atoms with Crippen molar-refractivity contribution in [3.05, 3.63) is 70.7 Å². The van der Waals surface area contributed by atoms with Gasteiger partial charge < -0.3 is 21.1 Å². The molecule has 154 valence electrons. The molecule has 2 aromatic rings. The number of carbonyl (C=O) groups is 3. The zero-order valence-corrected chi connectivity index (χ0v) is 16.8. The minimum absolute atomic E-state index is 0.130. The Hall–Kier alpha value is -3.06. The summed E-state index contributed by atoms with van der Waals surface area (Å²) in [5.41, 5.74) is 6.93. The summed E-state index contributed by atoms with van der Waals surface area (Å²) in [5, 5.41) is 5.75. The van der Waals surface area contributed by atoms with E-state index in [0.29, 0.717) is 17.1 Å². The Balaban J connectivity index is 1.81. The van der Waals surface area contributed by atoms with Crippen LogP contribution in [0.2, 0.25) is 5.02 Å². The first-order chi connectivity index (χ1) is 13.8. The Kier molecular flexibility index (Phi) is 8.48. The van der Waals surface area contributed by atoms with Gasteiger partial charge in [0.2, 0.25) is 0 Å². The zero-order valence-electron chi connectivity index (χ0n) is 16.1. The van der Waals surface area contributed by atoms with Gasteiger partial charge in [-0.3, -0.25) is 9.59 Å². The maximum absolute atomic E-state index is 12.1. The van der Waals surface area contributed by atoms with Gasteiger partial charge in [0.1, 0.15) is 0 Å². The number of halogens is 1. The van der Waals surface area contributed by atoms with Crippen LogP contribution in [0.4, 0.5) is 4.79 Å². The van der Waals surface area contributed by atoms with Crippen LogP contribution in [0.25, 0.3) is 0 Å². The predicted molar refractivity (Wildman–Crippen MR) is 110 cm³/mol. The summed E-state index contributed by atoms with van der Waals surface area (Å²) < 4.78 is 5.03. The molecule has 2 aromatic carbocycles. The van der Waals surface area contributed by atoms with Crippen molar-refractivity contribution in [3.63, 3.8) is 0 Å². The molecule has 0 saturated heterocycles. The van der Waals surface area contributed by atoms with E-state index in [2.05, 4.69) is 10.6 Å². The van der Waals surface area contributed by atoms with E-state index < -0.39 is 30.6 Å². The molecule has 0 heterocycles. The number of benzene rings is 2. The number of hydrogen-bond acceptors (Lipinski definition) is 4. The third-order valence-corrected chi connectivity index (χ3v) is 4.55. The average Bonchev–Trinajstić information content (AvgIpc) is 2.71. The first kappa shape index (κ1) is 22.2. The van der Waals surface area contributed by atoms with Crippen molar-refractivity contribution in [2.24, 2.45) is 5.73 Å². The highest BCUT2D eigenvalue weighted by Crippen LogP contribution is 2.20. The second kappa shape index (κ2) is 11.1. The van der Waals surface area contributed by atoms with Crippen LogP contribution in [0, 0.1) is 0 Å². The summed E-state index contributed by atoms with van der Waals surface area (Å²) in [6.45, 7) is 2.02. The summed E-state index contributed by atoms with van der Waals surface area (Å²) in [7, 11) is 0. The van der Waals surface area contributed by atoms with Crippen molar-refractivity contribution >= 4 is 29.5 Å². The van der Waals surface area contributed by atoms with Crippen LogP contribution in [0.1, 0.15) is 36.4 Å². The van der Waals surface area contributed by atoms with Gasteiger partial charge in [-0.2, -0.15) is 0 Å². The fourth-order valence-corrected chi connectivity index (χ4v) is 2.83. The summed E-state index contributed by atoms with van der Waals surface area (Å²) in [6, 6.07) is 14.9. The molecule has 0 radical (unpaired) electrons. The molecule has 0 unspecified atom stereocenters. The fraction of sp³-hybridized carbons (Fsp3) is 0.286. The smallest absolute Gasteiger partial charge is 0.312 e. The Morgan fingerprint density at radius 2 is 1.69 bits per heavy atom. The van der Waals surface area contributed by atoms with Gasteiger partial charge in [0.25, 0.3) is 5.91 Å². The molecular formula is C21H24ClN3O4. The monoisotopic (exact) mass is 417 g/mol. The van der Waals surface area contributed by atoms with Crippen LogP contribution in [-0.2, 0) is 14.3 Å². The van der Waals surface area contributed by atoms with Gasteiger partial charge in [-0.25, -0.2) is 4.79 Å². The maximum atomic E-state index is 12.1. The molecule has 2 atom stereocenters. The predicted octanol–water partition coefficient (Wildman–Crippen LogP) is 2.90. The topological polar surface area (TPSA) is 111 Å². The van der Waals surface area contributed by atoms with Gasteiger partial charge in [-0.1, -0.05) is 61.0 Å². The minimum atomic E-state index is -0.773. The summed E-state index contributed by atoms with van der Waals surface area (Å²) in [5.74, 6) is -0.901. The van der Waals surface area contributed by atoms with E-state index in [4.69, 9.17) is 22.1 Å². The van der Waals surface area contributed by atoms with Gasteiger partial charge >= 0.3 is 12.0 Å². The quantitative estimate of drug-likeness (QED) is 0.545. The van der Waals surface area contributed by atoms with E-state index in [1.807, 2.05) is 37.3 Å². The summed E-state index contributed by atoms with van der Waals surface area (Å²) in [6.07, 6.45) is -0.168.